The molecule has 1 fully saturated rings. The monoisotopic (exact) mass is 390 g/mol. The molecule has 154 valence electrons. The molecule has 1 N–H and O–H groups in total. The molecular formula is C21H30N2O5. The highest BCUT2D eigenvalue weighted by Crippen LogP contribution is 2.21. The van der Waals surface area contributed by atoms with Crippen molar-refractivity contribution in [2.24, 2.45) is 5.92 Å². The van der Waals surface area contributed by atoms with E-state index in [0.717, 1.165) is 17.7 Å². The number of para-hydroxylation sites is 1. The molecule has 1 aliphatic rings. The number of nitrogens with zero attached hydrogens (tertiary/aromatic N) is 1. The number of amides is 2. The lowest BCUT2D eigenvalue weighted by atomic mass is 9.97. The van der Waals surface area contributed by atoms with E-state index in [-0.39, 0.29) is 24.5 Å². The van der Waals surface area contributed by atoms with E-state index >= 15 is 0 Å². The smallest absolute Gasteiger partial charge is 0.410 e. The van der Waals surface area contributed by atoms with Crippen molar-refractivity contribution in [3.05, 3.63) is 29.8 Å². The molecule has 2 rings (SSSR count). The number of nitrogens with one attached hydrogen (secondary N) is 1. The van der Waals surface area contributed by atoms with Crippen LogP contribution >= 0.6 is 0 Å². The second kappa shape index (κ2) is 9.57. The largest absolute Gasteiger partial charge is 0.455 e. The van der Waals surface area contributed by atoms with Crippen LogP contribution in [0.25, 0.3) is 0 Å². The number of aryl methyl sites for hydroxylation is 1. The van der Waals surface area contributed by atoms with Gasteiger partial charge in [0.05, 0.1) is 5.92 Å². The molecule has 0 aliphatic carbocycles. The van der Waals surface area contributed by atoms with Gasteiger partial charge in [0.2, 0.25) is 0 Å². The van der Waals surface area contributed by atoms with Gasteiger partial charge in [0.25, 0.3) is 5.91 Å². The zero-order chi connectivity index (χ0) is 20.7. The van der Waals surface area contributed by atoms with E-state index in [4.69, 9.17) is 9.47 Å². The number of rotatable bonds is 5. The molecule has 0 spiro atoms. The zero-order valence-electron chi connectivity index (χ0n) is 17.1. The maximum Gasteiger partial charge on any atom is 0.410 e. The minimum atomic E-state index is -0.545. The maximum absolute atomic E-state index is 12.2. The number of ether oxygens (including phenoxy) is 2. The Labute approximate surface area is 166 Å². The van der Waals surface area contributed by atoms with Gasteiger partial charge in [-0.15, -0.1) is 0 Å². The van der Waals surface area contributed by atoms with Crippen LogP contribution in [0.4, 0.5) is 10.5 Å². The van der Waals surface area contributed by atoms with Gasteiger partial charge in [0, 0.05) is 18.8 Å². The topological polar surface area (TPSA) is 84.9 Å². The van der Waals surface area contributed by atoms with Crippen molar-refractivity contribution in [1.29, 1.82) is 0 Å². The number of carbonyl (C=O) groups excluding carboxylic acids is 3. The van der Waals surface area contributed by atoms with Crippen molar-refractivity contribution in [2.75, 3.05) is 25.0 Å². The first-order valence-electron chi connectivity index (χ1n) is 9.72. The van der Waals surface area contributed by atoms with E-state index in [1.165, 1.54) is 0 Å². The number of esters is 1. The summed E-state index contributed by atoms with van der Waals surface area (Å²) in [5, 5.41) is 2.78. The summed E-state index contributed by atoms with van der Waals surface area (Å²) >= 11 is 0. The Morgan fingerprint density at radius 2 is 1.79 bits per heavy atom. The molecule has 0 aromatic heterocycles. The molecule has 0 radical (unpaired) electrons. The maximum atomic E-state index is 12.2. The van der Waals surface area contributed by atoms with Crippen LogP contribution in [0, 0.1) is 5.92 Å². The van der Waals surface area contributed by atoms with Crippen LogP contribution in [0.1, 0.15) is 46.1 Å². The van der Waals surface area contributed by atoms with Gasteiger partial charge < -0.3 is 19.7 Å². The van der Waals surface area contributed by atoms with Crippen LogP contribution in [-0.2, 0) is 25.5 Å². The molecule has 0 bridgehead atoms. The van der Waals surface area contributed by atoms with Crippen molar-refractivity contribution >= 4 is 23.7 Å². The lowest BCUT2D eigenvalue weighted by molar-refractivity contribution is -0.153. The summed E-state index contributed by atoms with van der Waals surface area (Å²) in [5.41, 5.74) is 1.21. The summed E-state index contributed by atoms with van der Waals surface area (Å²) in [6.07, 6.45) is 1.43. The molecule has 1 heterocycles. The highest BCUT2D eigenvalue weighted by atomic mass is 16.6. The lowest BCUT2D eigenvalue weighted by Gasteiger charge is -2.32. The number of anilines is 1. The number of hydrogen-bond donors (Lipinski definition) is 1. The van der Waals surface area contributed by atoms with E-state index < -0.39 is 11.6 Å². The highest BCUT2D eigenvalue weighted by molar-refractivity contribution is 5.93. The Balaban J connectivity index is 1.75. The third kappa shape index (κ3) is 6.55. The summed E-state index contributed by atoms with van der Waals surface area (Å²) in [4.78, 5) is 38.0. The fraction of sp³-hybridized carbons (Fsp3) is 0.571. The van der Waals surface area contributed by atoms with E-state index in [1.54, 1.807) is 4.90 Å². The van der Waals surface area contributed by atoms with E-state index in [1.807, 2.05) is 52.0 Å². The summed E-state index contributed by atoms with van der Waals surface area (Å²) in [7, 11) is 0. The first-order valence-corrected chi connectivity index (χ1v) is 9.72. The number of carbonyl (C=O) groups is 3. The van der Waals surface area contributed by atoms with Crippen molar-refractivity contribution in [2.45, 2.75) is 52.6 Å². The highest BCUT2D eigenvalue weighted by Gasteiger charge is 2.30. The van der Waals surface area contributed by atoms with Crippen LogP contribution in [0.5, 0.6) is 0 Å². The summed E-state index contributed by atoms with van der Waals surface area (Å²) < 4.78 is 10.5. The van der Waals surface area contributed by atoms with Crippen LogP contribution in [0.15, 0.2) is 24.3 Å². The quantitative estimate of drug-likeness (QED) is 0.779. The predicted octanol–water partition coefficient (Wildman–Crippen LogP) is 3.38. The molecule has 0 saturated carbocycles. The van der Waals surface area contributed by atoms with Gasteiger partial charge >= 0.3 is 12.1 Å². The molecule has 2 amide bonds. The van der Waals surface area contributed by atoms with Gasteiger partial charge in [-0.05, 0) is 51.7 Å². The molecule has 1 aromatic rings. The lowest BCUT2D eigenvalue weighted by Crippen LogP contribution is -2.43. The second-order valence-electron chi connectivity index (χ2n) is 7.91. The first-order chi connectivity index (χ1) is 13.2. The van der Waals surface area contributed by atoms with Gasteiger partial charge in [0.15, 0.2) is 6.61 Å². The van der Waals surface area contributed by atoms with Gasteiger partial charge in [-0.3, -0.25) is 9.59 Å². The standard InChI is InChI=1S/C21H30N2O5/c1-5-15-8-6-7-9-17(15)22-18(24)14-27-19(25)16-10-12-23(13-11-16)20(26)28-21(2,3)4/h6-9,16H,5,10-14H2,1-4H3,(H,22,24). The Kier molecular flexibility index (Phi) is 7.43. The van der Waals surface area contributed by atoms with Crippen LogP contribution in [0.3, 0.4) is 0 Å². The van der Waals surface area contributed by atoms with E-state index in [9.17, 15) is 14.4 Å². The van der Waals surface area contributed by atoms with Crippen molar-refractivity contribution in [3.8, 4) is 0 Å². The Morgan fingerprint density at radius 3 is 2.39 bits per heavy atom. The number of benzene rings is 1. The van der Waals surface area contributed by atoms with Crippen molar-refractivity contribution in [1.82, 2.24) is 4.90 Å². The van der Waals surface area contributed by atoms with Gasteiger partial charge in [-0.1, -0.05) is 25.1 Å². The van der Waals surface area contributed by atoms with Crippen LogP contribution in [0.2, 0.25) is 0 Å². The van der Waals surface area contributed by atoms with E-state index in [0.29, 0.717) is 25.9 Å². The normalized spacial score (nSPS) is 15.1. The molecule has 28 heavy (non-hydrogen) atoms. The molecule has 1 aromatic carbocycles. The summed E-state index contributed by atoms with van der Waals surface area (Å²) in [6.45, 7) is 8.02. The zero-order valence-corrected chi connectivity index (χ0v) is 17.1. The number of hydrogen-bond acceptors (Lipinski definition) is 5. The van der Waals surface area contributed by atoms with Crippen molar-refractivity contribution in [3.63, 3.8) is 0 Å². The Morgan fingerprint density at radius 1 is 1.14 bits per heavy atom. The SMILES string of the molecule is CCc1ccccc1NC(=O)COC(=O)C1CCN(C(=O)OC(C)(C)C)CC1. The van der Waals surface area contributed by atoms with Crippen LogP contribution < -0.4 is 5.32 Å². The Hall–Kier alpha value is -2.57. The molecule has 1 aliphatic heterocycles. The molecular weight excluding hydrogens is 360 g/mol. The third-order valence-corrected chi connectivity index (χ3v) is 4.50. The molecule has 0 atom stereocenters. The van der Waals surface area contributed by atoms with Gasteiger partial charge in [-0.2, -0.15) is 0 Å². The first kappa shape index (κ1) is 21.7. The average molecular weight is 390 g/mol. The molecule has 0 unspecified atom stereocenters. The van der Waals surface area contributed by atoms with E-state index in [2.05, 4.69) is 5.32 Å². The van der Waals surface area contributed by atoms with Gasteiger partial charge in [-0.25, -0.2) is 4.79 Å². The minimum absolute atomic E-state index is 0.311. The average Bonchev–Trinajstić information content (AvgIpc) is 2.65. The predicted molar refractivity (Wildman–Crippen MR) is 106 cm³/mol. The summed E-state index contributed by atoms with van der Waals surface area (Å²) in [5.74, 6) is -1.07. The van der Waals surface area contributed by atoms with Gasteiger partial charge in [0.1, 0.15) is 5.60 Å². The Bertz CT molecular complexity index is 703. The fourth-order valence-electron chi connectivity index (χ4n) is 3.02. The number of piperidine rings is 1. The fourth-order valence-corrected chi connectivity index (χ4v) is 3.02. The van der Waals surface area contributed by atoms with Crippen molar-refractivity contribution < 1.29 is 23.9 Å². The summed E-state index contributed by atoms with van der Waals surface area (Å²) in [6, 6.07) is 7.53. The van der Waals surface area contributed by atoms with Crippen LogP contribution in [-0.4, -0.2) is 48.2 Å². The number of likely N-dealkylation sites (tertiary alicyclic amines) is 1. The molecule has 7 heteroatoms. The molecule has 7 nitrogen and oxygen atoms in total. The molecule has 1 saturated heterocycles. The third-order valence-electron chi connectivity index (χ3n) is 4.50. The minimum Gasteiger partial charge on any atom is -0.455 e. The second-order valence-corrected chi connectivity index (χ2v) is 7.91.